The molecule has 1 unspecified atom stereocenters. The molecule has 4 N–H and O–H groups in total. The molecule has 0 spiro atoms. The molecule has 0 saturated carbocycles. The van der Waals surface area contributed by atoms with E-state index >= 15 is 0 Å². The summed E-state index contributed by atoms with van der Waals surface area (Å²) in [7, 11) is 0. The van der Waals surface area contributed by atoms with E-state index < -0.39 is 18.0 Å². The molecule has 0 amide bonds. The highest BCUT2D eigenvalue weighted by atomic mass is 16.4. The van der Waals surface area contributed by atoms with E-state index in [2.05, 4.69) is 5.32 Å². The molecular formula is C8H15NO5. The van der Waals surface area contributed by atoms with Gasteiger partial charge in [0.15, 0.2) is 0 Å². The molecule has 1 heterocycles. The number of hydrogen-bond donors (Lipinski definition) is 4. The number of aliphatic carboxylic acids is 2. The van der Waals surface area contributed by atoms with Gasteiger partial charge in [-0.05, 0) is 26.3 Å². The van der Waals surface area contributed by atoms with Crippen LogP contribution in [0.5, 0.6) is 0 Å². The fourth-order valence-corrected chi connectivity index (χ4v) is 0.895. The van der Waals surface area contributed by atoms with Crippen LogP contribution in [-0.4, -0.2) is 45.9 Å². The van der Waals surface area contributed by atoms with Crippen molar-refractivity contribution < 1.29 is 24.9 Å². The van der Waals surface area contributed by atoms with Gasteiger partial charge in [0.2, 0.25) is 0 Å². The summed E-state index contributed by atoms with van der Waals surface area (Å²) in [6.07, 6.45) is 0.553. The number of rotatable bonds is 2. The second kappa shape index (κ2) is 6.33. The van der Waals surface area contributed by atoms with Crippen molar-refractivity contribution in [1.82, 2.24) is 5.32 Å². The minimum Gasteiger partial charge on any atom is -0.480 e. The summed E-state index contributed by atoms with van der Waals surface area (Å²) >= 11 is 0. The van der Waals surface area contributed by atoms with Crippen molar-refractivity contribution >= 4 is 11.9 Å². The molecular weight excluding hydrogens is 190 g/mol. The molecule has 0 aromatic heterocycles. The van der Waals surface area contributed by atoms with Crippen LogP contribution in [0.25, 0.3) is 0 Å². The maximum atomic E-state index is 10.1. The average molecular weight is 205 g/mol. The average Bonchev–Trinajstić information content (AvgIpc) is 2.56. The Kier molecular flexibility index (Phi) is 5.82. The first kappa shape index (κ1) is 12.9. The van der Waals surface area contributed by atoms with E-state index in [4.69, 9.17) is 15.3 Å². The number of nitrogens with one attached hydrogen (secondary N) is 1. The van der Waals surface area contributed by atoms with Gasteiger partial charge in [0.25, 0.3) is 0 Å². The van der Waals surface area contributed by atoms with Crippen LogP contribution in [0, 0.1) is 0 Å². The molecule has 0 aliphatic carbocycles. The summed E-state index contributed by atoms with van der Waals surface area (Å²) in [5.74, 6) is -1.91. The van der Waals surface area contributed by atoms with Gasteiger partial charge in [-0.3, -0.25) is 4.79 Å². The number of hydrogen-bond acceptors (Lipinski definition) is 4. The van der Waals surface area contributed by atoms with Crippen LogP contribution in [0.15, 0.2) is 0 Å². The topological polar surface area (TPSA) is 107 Å². The molecule has 0 aromatic carbocycles. The SMILES string of the molecule is CC(O)C(=O)O.O=C(O)[C@@H]1CCCN1. The smallest absolute Gasteiger partial charge is 0.332 e. The molecule has 0 aromatic rings. The maximum absolute atomic E-state index is 10.1. The first-order valence-corrected chi connectivity index (χ1v) is 4.32. The number of carboxylic acid groups (broad SMARTS) is 2. The number of aliphatic hydroxyl groups is 1. The molecule has 6 heteroatoms. The standard InChI is InChI=1S/C5H9NO2.C3H6O3/c7-5(8)4-2-1-3-6-4;1-2(4)3(5)6/h4,6H,1-3H2,(H,7,8);2,4H,1H3,(H,5,6)/t4-;/m0./s1. The molecule has 1 saturated heterocycles. The van der Waals surface area contributed by atoms with Crippen LogP contribution in [0.1, 0.15) is 19.8 Å². The van der Waals surface area contributed by atoms with Crippen molar-refractivity contribution in [2.24, 2.45) is 0 Å². The predicted octanol–water partition coefficient (Wildman–Crippen LogP) is -0.725. The second-order valence-corrected chi connectivity index (χ2v) is 3.00. The Balaban J connectivity index is 0.000000255. The van der Waals surface area contributed by atoms with Crippen LogP contribution >= 0.6 is 0 Å². The highest BCUT2D eigenvalue weighted by Gasteiger charge is 2.20. The van der Waals surface area contributed by atoms with Crippen molar-refractivity contribution in [1.29, 1.82) is 0 Å². The van der Waals surface area contributed by atoms with Gasteiger partial charge in [-0.1, -0.05) is 0 Å². The highest BCUT2D eigenvalue weighted by molar-refractivity contribution is 5.73. The van der Waals surface area contributed by atoms with Gasteiger partial charge in [-0.15, -0.1) is 0 Å². The van der Waals surface area contributed by atoms with Crippen molar-refractivity contribution in [3.8, 4) is 0 Å². The normalized spacial score (nSPS) is 22.0. The predicted molar refractivity (Wildman–Crippen MR) is 48.0 cm³/mol. The molecule has 0 bridgehead atoms. The van der Waals surface area contributed by atoms with Crippen LogP contribution in [-0.2, 0) is 9.59 Å². The van der Waals surface area contributed by atoms with Crippen LogP contribution in [0.2, 0.25) is 0 Å². The van der Waals surface area contributed by atoms with Crippen LogP contribution in [0.3, 0.4) is 0 Å². The third-order valence-corrected chi connectivity index (χ3v) is 1.72. The Labute approximate surface area is 81.5 Å². The Morgan fingerprint density at radius 1 is 1.43 bits per heavy atom. The lowest BCUT2D eigenvalue weighted by Gasteiger charge is -1.99. The zero-order chi connectivity index (χ0) is 11.1. The Hall–Kier alpha value is -1.14. The first-order valence-electron chi connectivity index (χ1n) is 4.32. The highest BCUT2D eigenvalue weighted by Crippen LogP contribution is 2.03. The van der Waals surface area contributed by atoms with E-state index in [0.29, 0.717) is 0 Å². The summed E-state index contributed by atoms with van der Waals surface area (Å²) in [6, 6.07) is -0.269. The lowest BCUT2D eigenvalue weighted by atomic mass is 10.2. The lowest BCUT2D eigenvalue weighted by Crippen LogP contribution is -2.29. The summed E-state index contributed by atoms with van der Waals surface area (Å²) < 4.78 is 0. The van der Waals surface area contributed by atoms with E-state index in [0.717, 1.165) is 19.4 Å². The number of carboxylic acids is 2. The molecule has 1 rings (SSSR count). The first-order chi connectivity index (χ1) is 6.45. The largest absolute Gasteiger partial charge is 0.480 e. The molecule has 0 radical (unpaired) electrons. The van der Waals surface area contributed by atoms with Gasteiger partial charge < -0.3 is 20.6 Å². The third-order valence-electron chi connectivity index (χ3n) is 1.72. The van der Waals surface area contributed by atoms with Crippen molar-refractivity contribution in [2.75, 3.05) is 6.54 Å². The van der Waals surface area contributed by atoms with Crippen molar-refractivity contribution in [3.63, 3.8) is 0 Å². The molecule has 82 valence electrons. The fraction of sp³-hybridized carbons (Fsp3) is 0.750. The van der Waals surface area contributed by atoms with Gasteiger partial charge >= 0.3 is 11.9 Å². The van der Waals surface area contributed by atoms with Gasteiger partial charge in [-0.2, -0.15) is 0 Å². The quantitative estimate of drug-likeness (QED) is 0.473. The zero-order valence-corrected chi connectivity index (χ0v) is 7.93. The van der Waals surface area contributed by atoms with E-state index in [-0.39, 0.29) is 6.04 Å². The summed E-state index contributed by atoms with van der Waals surface area (Å²) in [5, 5.41) is 27.0. The Morgan fingerprint density at radius 3 is 2.07 bits per heavy atom. The van der Waals surface area contributed by atoms with Crippen LogP contribution in [0.4, 0.5) is 0 Å². The van der Waals surface area contributed by atoms with Crippen molar-refractivity contribution in [2.45, 2.75) is 31.9 Å². The van der Waals surface area contributed by atoms with Gasteiger partial charge in [0.1, 0.15) is 12.1 Å². The van der Waals surface area contributed by atoms with E-state index in [1.54, 1.807) is 0 Å². The lowest BCUT2D eigenvalue weighted by molar-refractivity contribution is -0.145. The van der Waals surface area contributed by atoms with Gasteiger partial charge in [0.05, 0.1) is 0 Å². The fourth-order valence-electron chi connectivity index (χ4n) is 0.895. The van der Waals surface area contributed by atoms with E-state index in [1.165, 1.54) is 6.92 Å². The molecule has 2 atom stereocenters. The number of aliphatic hydroxyl groups excluding tert-OH is 1. The minimum absolute atomic E-state index is 0.269. The van der Waals surface area contributed by atoms with Gasteiger partial charge in [0, 0.05) is 0 Å². The van der Waals surface area contributed by atoms with Crippen LogP contribution < -0.4 is 5.32 Å². The van der Waals surface area contributed by atoms with E-state index in [9.17, 15) is 9.59 Å². The minimum atomic E-state index is -1.23. The monoisotopic (exact) mass is 205 g/mol. The molecule has 1 aliphatic heterocycles. The Bertz CT molecular complexity index is 198. The molecule has 14 heavy (non-hydrogen) atoms. The zero-order valence-electron chi connectivity index (χ0n) is 7.93. The third kappa shape index (κ3) is 5.50. The Morgan fingerprint density at radius 2 is 1.93 bits per heavy atom. The molecule has 1 aliphatic rings. The van der Waals surface area contributed by atoms with Crippen molar-refractivity contribution in [3.05, 3.63) is 0 Å². The molecule has 6 nitrogen and oxygen atoms in total. The number of carbonyl (C=O) groups is 2. The summed E-state index contributed by atoms with van der Waals surface area (Å²) in [4.78, 5) is 19.6. The van der Waals surface area contributed by atoms with E-state index in [1.807, 2.05) is 0 Å². The second-order valence-electron chi connectivity index (χ2n) is 3.00. The summed E-state index contributed by atoms with van der Waals surface area (Å²) in [6.45, 7) is 2.05. The molecule has 1 fully saturated rings. The van der Waals surface area contributed by atoms with Gasteiger partial charge in [-0.25, -0.2) is 4.79 Å². The maximum Gasteiger partial charge on any atom is 0.332 e. The summed E-state index contributed by atoms with van der Waals surface area (Å²) in [5.41, 5.74) is 0.